The lowest BCUT2D eigenvalue weighted by molar-refractivity contribution is 1.08. The van der Waals surface area contributed by atoms with E-state index in [4.69, 9.17) is 11.6 Å². The number of halogens is 1. The summed E-state index contributed by atoms with van der Waals surface area (Å²) < 4.78 is 1.79. The van der Waals surface area contributed by atoms with Gasteiger partial charge in [-0.3, -0.25) is 4.40 Å². The van der Waals surface area contributed by atoms with Gasteiger partial charge in [0.15, 0.2) is 11.5 Å². The van der Waals surface area contributed by atoms with Crippen LogP contribution in [0, 0.1) is 6.92 Å². The van der Waals surface area contributed by atoms with Crippen LogP contribution < -0.4 is 0 Å². The van der Waals surface area contributed by atoms with Crippen molar-refractivity contribution < 1.29 is 0 Å². The summed E-state index contributed by atoms with van der Waals surface area (Å²) in [5, 5.41) is 9.54. The molecule has 0 unspecified atom stereocenters. The molecule has 0 saturated heterocycles. The fraction of sp³-hybridized carbons (Fsp3) is 0.111. The molecule has 7 heteroatoms. The van der Waals surface area contributed by atoms with Crippen LogP contribution in [-0.4, -0.2) is 24.6 Å². The average molecular weight is 252 g/mol. The van der Waals surface area contributed by atoms with E-state index in [0.717, 1.165) is 15.7 Å². The number of aromatic nitrogens is 5. The zero-order chi connectivity index (χ0) is 11.1. The van der Waals surface area contributed by atoms with Gasteiger partial charge in [0.05, 0.1) is 9.88 Å². The summed E-state index contributed by atoms with van der Waals surface area (Å²) in [7, 11) is 0. The van der Waals surface area contributed by atoms with Crippen LogP contribution in [0.3, 0.4) is 0 Å². The van der Waals surface area contributed by atoms with E-state index in [1.807, 2.05) is 6.92 Å². The van der Waals surface area contributed by atoms with Crippen LogP contribution in [0.25, 0.3) is 16.3 Å². The second-order valence-electron chi connectivity index (χ2n) is 3.21. The highest BCUT2D eigenvalue weighted by Crippen LogP contribution is 2.24. The fourth-order valence-electron chi connectivity index (χ4n) is 1.41. The summed E-state index contributed by atoms with van der Waals surface area (Å²) in [5.74, 6) is 0.741. The van der Waals surface area contributed by atoms with E-state index in [-0.39, 0.29) is 0 Å². The maximum atomic E-state index is 5.78. The van der Waals surface area contributed by atoms with Crippen molar-refractivity contribution in [2.75, 3.05) is 0 Å². The molecule has 0 aliphatic carbocycles. The summed E-state index contributed by atoms with van der Waals surface area (Å²) in [6.07, 6.45) is 3.40. The molecule has 80 valence electrons. The summed E-state index contributed by atoms with van der Waals surface area (Å²) in [4.78, 5) is 9.16. The highest BCUT2D eigenvalue weighted by atomic mass is 35.5. The normalized spacial score (nSPS) is 11.1. The van der Waals surface area contributed by atoms with Gasteiger partial charge < -0.3 is 0 Å². The summed E-state index contributed by atoms with van der Waals surface area (Å²) >= 11 is 7.35. The van der Waals surface area contributed by atoms with Gasteiger partial charge in [0, 0.05) is 12.3 Å². The minimum Gasteiger partial charge on any atom is -0.264 e. The van der Waals surface area contributed by atoms with Crippen molar-refractivity contribution in [1.82, 2.24) is 24.6 Å². The molecule has 0 N–H and O–H groups in total. The zero-order valence-corrected chi connectivity index (χ0v) is 9.83. The third-order valence-corrected chi connectivity index (χ3v) is 3.22. The molecule has 0 atom stereocenters. The van der Waals surface area contributed by atoms with Crippen LogP contribution in [0.4, 0.5) is 0 Å². The van der Waals surface area contributed by atoms with Crippen LogP contribution in [0.5, 0.6) is 0 Å². The molecule has 0 spiro atoms. The first-order chi connectivity index (χ1) is 7.74. The highest BCUT2D eigenvalue weighted by Gasteiger charge is 2.10. The Morgan fingerprint density at radius 1 is 1.31 bits per heavy atom. The standard InChI is InChI=1S/C9H6ClN5S/c1-5-11-3-6(16-5)9-14-13-8-2-7(10)12-4-15(8)9/h2-4H,1H3. The van der Waals surface area contributed by atoms with Crippen molar-refractivity contribution in [1.29, 1.82) is 0 Å². The molecule has 3 aromatic heterocycles. The first kappa shape index (κ1) is 9.68. The van der Waals surface area contributed by atoms with E-state index in [9.17, 15) is 0 Å². The maximum absolute atomic E-state index is 5.78. The van der Waals surface area contributed by atoms with Gasteiger partial charge in [-0.05, 0) is 6.92 Å². The van der Waals surface area contributed by atoms with Crippen LogP contribution >= 0.6 is 22.9 Å². The summed E-state index contributed by atoms with van der Waals surface area (Å²) in [5.41, 5.74) is 0.682. The van der Waals surface area contributed by atoms with Crippen LogP contribution in [0.15, 0.2) is 18.6 Å². The molecule has 0 aromatic carbocycles. The summed E-state index contributed by atoms with van der Waals surface area (Å²) in [6, 6.07) is 1.67. The number of hydrogen-bond acceptors (Lipinski definition) is 5. The lowest BCUT2D eigenvalue weighted by Crippen LogP contribution is -1.89. The monoisotopic (exact) mass is 251 g/mol. The molecule has 3 rings (SSSR count). The van der Waals surface area contributed by atoms with Crippen molar-refractivity contribution in [3.8, 4) is 10.7 Å². The quantitative estimate of drug-likeness (QED) is 0.622. The van der Waals surface area contributed by atoms with E-state index in [0.29, 0.717) is 10.8 Å². The number of nitrogens with zero attached hydrogens (tertiary/aromatic N) is 5. The van der Waals surface area contributed by atoms with Gasteiger partial charge in [0.25, 0.3) is 0 Å². The van der Waals surface area contributed by atoms with Gasteiger partial charge in [0.2, 0.25) is 0 Å². The summed E-state index contributed by atoms with van der Waals surface area (Å²) in [6.45, 7) is 1.95. The molecule has 0 bridgehead atoms. The Hall–Kier alpha value is -1.53. The second kappa shape index (κ2) is 3.50. The van der Waals surface area contributed by atoms with Crippen molar-refractivity contribution in [3.63, 3.8) is 0 Å². The second-order valence-corrected chi connectivity index (χ2v) is 4.83. The van der Waals surface area contributed by atoms with Gasteiger partial charge in [-0.15, -0.1) is 21.5 Å². The molecule has 3 aromatic rings. The van der Waals surface area contributed by atoms with Crippen LogP contribution in [-0.2, 0) is 0 Å². The molecule has 16 heavy (non-hydrogen) atoms. The predicted octanol–water partition coefficient (Wildman–Crippen LogP) is 2.21. The van der Waals surface area contributed by atoms with E-state index in [1.165, 1.54) is 0 Å². The zero-order valence-electron chi connectivity index (χ0n) is 8.25. The van der Waals surface area contributed by atoms with Crippen LogP contribution in [0.1, 0.15) is 5.01 Å². The molecular weight excluding hydrogens is 246 g/mol. The Morgan fingerprint density at radius 2 is 2.19 bits per heavy atom. The van der Waals surface area contributed by atoms with Crippen LogP contribution in [0.2, 0.25) is 5.15 Å². The molecule has 0 aliphatic rings. The van der Waals surface area contributed by atoms with E-state index >= 15 is 0 Å². The number of hydrogen-bond donors (Lipinski definition) is 0. The Labute approximate surface area is 99.8 Å². The molecule has 3 heterocycles. The Balaban J connectivity index is 2.25. The van der Waals surface area contributed by atoms with Crippen molar-refractivity contribution in [2.24, 2.45) is 0 Å². The predicted molar refractivity (Wildman–Crippen MR) is 61.6 cm³/mol. The maximum Gasteiger partial charge on any atom is 0.181 e. The minimum absolute atomic E-state index is 0.409. The first-order valence-corrected chi connectivity index (χ1v) is 5.72. The van der Waals surface area contributed by atoms with Crippen molar-refractivity contribution in [2.45, 2.75) is 6.92 Å². The molecular formula is C9H6ClN5S. The van der Waals surface area contributed by atoms with Crippen molar-refractivity contribution >= 4 is 28.6 Å². The average Bonchev–Trinajstić information content (AvgIpc) is 2.83. The van der Waals surface area contributed by atoms with E-state index < -0.39 is 0 Å². The highest BCUT2D eigenvalue weighted by molar-refractivity contribution is 7.14. The topological polar surface area (TPSA) is 56.0 Å². The molecule has 0 amide bonds. The smallest absolute Gasteiger partial charge is 0.181 e. The molecule has 5 nitrogen and oxygen atoms in total. The lowest BCUT2D eigenvalue weighted by Gasteiger charge is -1.95. The number of aryl methyl sites for hydroxylation is 1. The molecule has 0 saturated carbocycles. The number of rotatable bonds is 1. The number of thiazole rings is 1. The van der Waals surface area contributed by atoms with Crippen molar-refractivity contribution in [3.05, 3.63) is 28.8 Å². The largest absolute Gasteiger partial charge is 0.264 e. The Morgan fingerprint density at radius 3 is 2.94 bits per heavy atom. The Kier molecular flexibility index (Phi) is 2.12. The molecule has 0 fully saturated rings. The van der Waals surface area contributed by atoms with E-state index in [2.05, 4.69) is 20.2 Å². The van der Waals surface area contributed by atoms with E-state index in [1.54, 1.807) is 34.3 Å². The molecule has 0 radical (unpaired) electrons. The fourth-order valence-corrected chi connectivity index (χ4v) is 2.31. The SMILES string of the molecule is Cc1ncc(-c2nnc3cc(Cl)ncn23)s1. The van der Waals surface area contributed by atoms with Gasteiger partial charge in [0.1, 0.15) is 11.5 Å². The van der Waals surface area contributed by atoms with Gasteiger partial charge >= 0.3 is 0 Å². The Bertz CT molecular complexity index is 659. The first-order valence-electron chi connectivity index (χ1n) is 4.53. The third-order valence-electron chi connectivity index (χ3n) is 2.11. The van der Waals surface area contributed by atoms with Gasteiger partial charge in [-0.1, -0.05) is 11.6 Å². The number of fused-ring (bicyclic) bond motifs is 1. The molecule has 0 aliphatic heterocycles. The lowest BCUT2D eigenvalue weighted by atomic mass is 10.5. The van der Waals surface area contributed by atoms with Gasteiger partial charge in [-0.2, -0.15) is 0 Å². The minimum atomic E-state index is 0.409. The van der Waals surface area contributed by atoms with Gasteiger partial charge in [-0.25, -0.2) is 9.97 Å². The third kappa shape index (κ3) is 1.46.